The number of rotatable bonds is 0. The Hall–Kier alpha value is -0.320. The number of hydrogen-bond donors (Lipinski definition) is 1. The Bertz CT molecular complexity index is 440. The van der Waals surface area contributed by atoms with Gasteiger partial charge in [-0.3, -0.25) is 5.10 Å². The van der Waals surface area contributed by atoms with Gasteiger partial charge in [-0.05, 0) is 15.9 Å². The molecule has 2 aromatic heterocycles. The lowest BCUT2D eigenvalue weighted by Gasteiger charge is -1.93. The van der Waals surface area contributed by atoms with Gasteiger partial charge in [0.25, 0.3) is 0 Å². The number of nitrogens with one attached hydrogen (secondary N) is 1. The van der Waals surface area contributed by atoms with Crippen LogP contribution in [-0.2, 0) is 0 Å². The molecule has 2 rings (SSSR count). The fourth-order valence-electron chi connectivity index (χ4n) is 0.927. The Morgan fingerprint density at radius 1 is 1.42 bits per heavy atom. The predicted molar refractivity (Wildman–Crippen MR) is 51.6 cm³/mol. The van der Waals surface area contributed by atoms with Crippen molar-refractivity contribution in [2.75, 3.05) is 0 Å². The highest BCUT2D eigenvalue weighted by atomic mass is 79.9. The summed E-state index contributed by atoms with van der Waals surface area (Å²) in [5.41, 5.74) is 0.580. The number of pyridine rings is 1. The van der Waals surface area contributed by atoms with Crippen LogP contribution in [0.2, 0.25) is 10.3 Å². The van der Waals surface area contributed by atoms with Crippen molar-refractivity contribution in [3.8, 4) is 0 Å². The molecule has 1 N–H and O–H groups in total. The highest BCUT2D eigenvalue weighted by molar-refractivity contribution is 9.10. The topological polar surface area (TPSA) is 41.6 Å². The van der Waals surface area contributed by atoms with Crippen molar-refractivity contribution < 1.29 is 0 Å². The van der Waals surface area contributed by atoms with Gasteiger partial charge < -0.3 is 0 Å². The molecule has 0 atom stereocenters. The summed E-state index contributed by atoms with van der Waals surface area (Å²) in [5, 5.41) is 8.08. The van der Waals surface area contributed by atoms with Crippen LogP contribution in [0.25, 0.3) is 10.9 Å². The minimum Gasteiger partial charge on any atom is -0.266 e. The van der Waals surface area contributed by atoms with E-state index in [1.165, 1.54) is 0 Å². The molecule has 0 saturated heterocycles. The maximum Gasteiger partial charge on any atom is 0.157 e. The monoisotopic (exact) mass is 265 g/mol. The molecule has 62 valence electrons. The van der Waals surface area contributed by atoms with Crippen LogP contribution in [0.5, 0.6) is 0 Å². The van der Waals surface area contributed by atoms with Gasteiger partial charge in [-0.25, -0.2) is 4.98 Å². The third-order valence-electron chi connectivity index (χ3n) is 1.45. The second-order valence-corrected chi connectivity index (χ2v) is 3.75. The number of aromatic nitrogens is 3. The van der Waals surface area contributed by atoms with Crippen LogP contribution in [0.1, 0.15) is 0 Å². The number of fused-ring (bicyclic) bond motifs is 1. The van der Waals surface area contributed by atoms with Crippen molar-refractivity contribution >= 4 is 50.0 Å². The van der Waals surface area contributed by atoms with E-state index in [-0.39, 0.29) is 0 Å². The second-order valence-electron chi connectivity index (χ2n) is 2.16. The molecule has 6 heteroatoms. The average molecular weight is 267 g/mol. The van der Waals surface area contributed by atoms with Crippen molar-refractivity contribution in [2.45, 2.75) is 0 Å². The molecule has 0 amide bonds. The Kier molecular flexibility index (Phi) is 1.98. The van der Waals surface area contributed by atoms with Crippen molar-refractivity contribution in [3.63, 3.8) is 0 Å². The number of nitrogens with zero attached hydrogens (tertiary/aromatic N) is 2. The molecule has 12 heavy (non-hydrogen) atoms. The molecule has 0 spiro atoms. The summed E-state index contributed by atoms with van der Waals surface area (Å²) >= 11 is 14.9. The average Bonchev–Trinajstić information content (AvgIpc) is 2.42. The first-order chi connectivity index (χ1) is 5.70. The smallest absolute Gasteiger partial charge is 0.157 e. The predicted octanol–water partition coefficient (Wildman–Crippen LogP) is 3.03. The van der Waals surface area contributed by atoms with Gasteiger partial charge >= 0.3 is 0 Å². The molecular formula is C6H2BrCl2N3. The maximum atomic E-state index is 5.82. The van der Waals surface area contributed by atoms with Gasteiger partial charge in [-0.2, -0.15) is 5.10 Å². The summed E-state index contributed by atoms with van der Waals surface area (Å²) in [7, 11) is 0. The summed E-state index contributed by atoms with van der Waals surface area (Å²) in [6.45, 7) is 0. The lowest BCUT2D eigenvalue weighted by Crippen LogP contribution is -1.78. The van der Waals surface area contributed by atoms with E-state index < -0.39 is 0 Å². The molecule has 3 nitrogen and oxygen atoms in total. The molecule has 2 heterocycles. The molecular weight excluding hydrogens is 265 g/mol. The molecule has 0 aromatic carbocycles. The summed E-state index contributed by atoms with van der Waals surface area (Å²) in [5.74, 6) is 0. The van der Waals surface area contributed by atoms with Crippen molar-refractivity contribution in [1.82, 2.24) is 15.2 Å². The molecule has 0 aliphatic carbocycles. The zero-order valence-electron chi connectivity index (χ0n) is 5.61. The fourth-order valence-corrected chi connectivity index (χ4v) is 1.95. The normalized spacial score (nSPS) is 10.9. The van der Waals surface area contributed by atoms with Gasteiger partial charge in [-0.15, -0.1) is 0 Å². The third-order valence-corrected chi connectivity index (χ3v) is 2.60. The van der Waals surface area contributed by atoms with E-state index in [0.29, 0.717) is 15.8 Å². The van der Waals surface area contributed by atoms with E-state index in [1.807, 2.05) is 0 Å². The highest BCUT2D eigenvalue weighted by Gasteiger charge is 2.10. The molecule has 0 unspecified atom stereocenters. The molecule has 2 aromatic rings. The number of H-pyrrole nitrogens is 1. The second kappa shape index (κ2) is 2.87. The van der Waals surface area contributed by atoms with E-state index in [2.05, 4.69) is 31.1 Å². The first kappa shape index (κ1) is 8.29. The van der Waals surface area contributed by atoms with Crippen LogP contribution in [0.3, 0.4) is 0 Å². The summed E-state index contributed by atoms with van der Waals surface area (Å²) in [6, 6.07) is 0. The summed E-state index contributed by atoms with van der Waals surface area (Å²) < 4.78 is 0.778. The summed E-state index contributed by atoms with van der Waals surface area (Å²) in [6.07, 6.45) is 1.59. The number of hydrogen-bond acceptors (Lipinski definition) is 2. The van der Waals surface area contributed by atoms with Crippen LogP contribution in [-0.4, -0.2) is 15.2 Å². The zero-order chi connectivity index (χ0) is 8.72. The van der Waals surface area contributed by atoms with E-state index in [1.54, 1.807) is 6.20 Å². The van der Waals surface area contributed by atoms with Crippen LogP contribution in [0, 0.1) is 0 Å². The van der Waals surface area contributed by atoms with Crippen molar-refractivity contribution in [2.24, 2.45) is 0 Å². The maximum absolute atomic E-state index is 5.82. The van der Waals surface area contributed by atoms with Crippen molar-refractivity contribution in [3.05, 3.63) is 21.0 Å². The Morgan fingerprint density at radius 3 is 2.83 bits per heavy atom. The lowest BCUT2D eigenvalue weighted by atomic mass is 10.3. The van der Waals surface area contributed by atoms with Gasteiger partial charge in [0.15, 0.2) is 5.15 Å². The standard InChI is InChI=1S/C6H2BrCl2N3/c7-2-1-10-6(9)4-3(2)5(8)12-11-4/h1H,(H,11,12). The van der Waals surface area contributed by atoms with Gasteiger partial charge in [0.2, 0.25) is 0 Å². The zero-order valence-corrected chi connectivity index (χ0v) is 8.70. The van der Waals surface area contributed by atoms with Gasteiger partial charge in [0.1, 0.15) is 10.7 Å². The first-order valence-electron chi connectivity index (χ1n) is 3.03. The molecule has 0 saturated carbocycles. The van der Waals surface area contributed by atoms with E-state index in [0.717, 1.165) is 9.86 Å². The Balaban J connectivity index is 2.98. The quantitative estimate of drug-likeness (QED) is 0.745. The first-order valence-corrected chi connectivity index (χ1v) is 4.58. The fraction of sp³-hybridized carbons (Fsp3) is 0. The molecule has 0 radical (unpaired) electrons. The largest absolute Gasteiger partial charge is 0.266 e. The highest BCUT2D eigenvalue weighted by Crippen LogP contribution is 2.31. The van der Waals surface area contributed by atoms with E-state index >= 15 is 0 Å². The molecule has 0 aliphatic rings. The van der Waals surface area contributed by atoms with Crippen LogP contribution in [0.4, 0.5) is 0 Å². The van der Waals surface area contributed by atoms with Crippen LogP contribution in [0.15, 0.2) is 10.7 Å². The van der Waals surface area contributed by atoms with Crippen LogP contribution >= 0.6 is 39.1 Å². The minimum atomic E-state index is 0.344. The Morgan fingerprint density at radius 2 is 2.17 bits per heavy atom. The van der Waals surface area contributed by atoms with Gasteiger partial charge in [0, 0.05) is 10.7 Å². The number of halogens is 3. The van der Waals surface area contributed by atoms with E-state index in [9.17, 15) is 0 Å². The Labute approximate surface area is 86.2 Å². The van der Waals surface area contributed by atoms with Gasteiger partial charge in [-0.1, -0.05) is 23.2 Å². The van der Waals surface area contributed by atoms with Crippen LogP contribution < -0.4 is 0 Å². The molecule has 0 fully saturated rings. The lowest BCUT2D eigenvalue weighted by molar-refractivity contribution is 1.11. The number of aromatic amines is 1. The summed E-state index contributed by atoms with van der Waals surface area (Å²) in [4.78, 5) is 3.90. The van der Waals surface area contributed by atoms with Gasteiger partial charge in [0.05, 0.1) is 5.39 Å². The van der Waals surface area contributed by atoms with Crippen molar-refractivity contribution in [1.29, 1.82) is 0 Å². The third kappa shape index (κ3) is 1.11. The minimum absolute atomic E-state index is 0.344. The van der Waals surface area contributed by atoms with E-state index in [4.69, 9.17) is 23.2 Å². The molecule has 0 aliphatic heterocycles. The SMILES string of the molecule is Clc1ncc(Br)c2c(Cl)[nH]nc12. The molecule has 0 bridgehead atoms.